The lowest BCUT2D eigenvalue weighted by atomic mass is 10.2. The van der Waals surface area contributed by atoms with E-state index >= 15 is 0 Å². The van der Waals surface area contributed by atoms with Crippen molar-refractivity contribution in [2.75, 3.05) is 19.0 Å². The van der Waals surface area contributed by atoms with Gasteiger partial charge in [-0.2, -0.15) is 0 Å². The van der Waals surface area contributed by atoms with Gasteiger partial charge in [-0.1, -0.05) is 12.1 Å². The topological polar surface area (TPSA) is 87.7 Å². The Morgan fingerprint density at radius 2 is 1.90 bits per heavy atom. The molecule has 0 aliphatic carbocycles. The Hall–Kier alpha value is -2.15. The fourth-order valence-corrected chi connectivity index (χ4v) is 5.06. The molecule has 1 aliphatic rings. The van der Waals surface area contributed by atoms with Gasteiger partial charge >= 0.3 is 6.03 Å². The normalized spacial score (nSPS) is 14.9. The van der Waals surface area contributed by atoms with E-state index in [1.807, 2.05) is 37.3 Å². The third kappa shape index (κ3) is 5.07. The van der Waals surface area contributed by atoms with Crippen molar-refractivity contribution in [3.05, 3.63) is 60.4 Å². The molecule has 0 spiro atoms. The average Bonchev–Trinajstić information content (AvgIpc) is 2.89. The molecule has 2 aromatic rings. The number of urea groups is 1. The maximum absolute atomic E-state index is 12.6. The molecular weight excluding hydrogens is 600 g/mol. The zero-order valence-corrected chi connectivity index (χ0v) is 19.9. The van der Waals surface area contributed by atoms with Gasteiger partial charge < -0.3 is 15.4 Å². The summed E-state index contributed by atoms with van der Waals surface area (Å²) in [5.74, 6) is -0.242. The zero-order chi connectivity index (χ0) is 21.1. The molecule has 0 radical (unpaired) electrons. The largest absolute Gasteiger partial charge is 0.495 e. The van der Waals surface area contributed by atoms with Crippen LogP contribution in [0.25, 0.3) is 6.08 Å². The molecule has 150 valence electrons. The lowest BCUT2D eigenvalue weighted by Gasteiger charge is -2.12. The van der Waals surface area contributed by atoms with Crippen molar-refractivity contribution in [3.63, 3.8) is 0 Å². The van der Waals surface area contributed by atoms with Gasteiger partial charge in [0.15, 0.2) is 0 Å². The van der Waals surface area contributed by atoms with Crippen molar-refractivity contribution < 1.29 is 19.1 Å². The van der Waals surface area contributed by atoms with Crippen molar-refractivity contribution in [2.24, 2.45) is 0 Å². The molecule has 29 heavy (non-hydrogen) atoms. The first-order chi connectivity index (χ1) is 13.8. The van der Waals surface area contributed by atoms with Crippen LogP contribution in [0.2, 0.25) is 0 Å². The Morgan fingerprint density at radius 1 is 1.21 bits per heavy atom. The molecule has 1 heterocycles. The van der Waals surface area contributed by atoms with E-state index in [0.29, 0.717) is 5.69 Å². The molecule has 0 aromatic heterocycles. The number of rotatable bonds is 5. The molecule has 9 heteroatoms. The summed E-state index contributed by atoms with van der Waals surface area (Å²) in [6.07, 6.45) is 1.59. The molecule has 4 amide bonds. The summed E-state index contributed by atoms with van der Waals surface area (Å²) in [6.45, 7) is 1.54. The number of hydrogen-bond acceptors (Lipinski definition) is 4. The van der Waals surface area contributed by atoms with Crippen LogP contribution in [0.15, 0.2) is 42.1 Å². The number of nitrogens with one attached hydrogen (secondary N) is 2. The number of nitrogens with zero attached hydrogens (tertiary/aromatic N) is 1. The Kier molecular flexibility index (Phi) is 6.77. The lowest BCUT2D eigenvalue weighted by Crippen LogP contribution is -2.38. The summed E-state index contributed by atoms with van der Waals surface area (Å²) < 4.78 is 7.10. The predicted octanol–water partition coefficient (Wildman–Crippen LogP) is 3.74. The maximum atomic E-state index is 12.6. The van der Waals surface area contributed by atoms with E-state index in [1.165, 1.54) is 0 Å². The smallest absolute Gasteiger partial charge is 0.329 e. The van der Waals surface area contributed by atoms with Gasteiger partial charge in [-0.05, 0) is 93.6 Å². The Morgan fingerprint density at radius 3 is 2.52 bits per heavy atom. The highest BCUT2D eigenvalue weighted by Crippen LogP contribution is 2.29. The van der Waals surface area contributed by atoms with E-state index in [0.717, 1.165) is 28.9 Å². The highest BCUT2D eigenvalue weighted by Gasteiger charge is 2.35. The summed E-state index contributed by atoms with van der Waals surface area (Å²) in [6, 6.07) is 10.3. The second-order valence-electron chi connectivity index (χ2n) is 6.31. The quantitative estimate of drug-likeness (QED) is 0.304. The van der Waals surface area contributed by atoms with Crippen LogP contribution in [0.4, 0.5) is 10.5 Å². The average molecular weight is 617 g/mol. The summed E-state index contributed by atoms with van der Waals surface area (Å²) in [5, 5.41) is 5.23. The fraction of sp³-hybridized carbons (Fsp3) is 0.150. The number of benzene rings is 2. The molecule has 1 fully saturated rings. The fourth-order valence-electron chi connectivity index (χ4n) is 2.81. The van der Waals surface area contributed by atoms with Gasteiger partial charge in [-0.25, -0.2) is 9.69 Å². The molecule has 0 atom stereocenters. The van der Waals surface area contributed by atoms with E-state index in [-0.39, 0.29) is 12.2 Å². The monoisotopic (exact) mass is 617 g/mol. The molecule has 0 bridgehead atoms. The van der Waals surface area contributed by atoms with Crippen molar-refractivity contribution in [1.82, 2.24) is 10.2 Å². The highest BCUT2D eigenvalue weighted by molar-refractivity contribution is 14.1. The number of hydrogen-bond donors (Lipinski definition) is 2. The number of halogens is 2. The standard InChI is InChI=1S/C20H17I2N3O4/c1-11-4-3-5-13(6-11)23-17(26)10-25-19(27)16(24-20(25)28)9-12-7-14(21)18(29-2)15(22)8-12/h3-9H,10H2,1-2H3,(H,23,26)(H,24,28)/b16-9+. The molecule has 7 nitrogen and oxygen atoms in total. The van der Waals surface area contributed by atoms with Gasteiger partial charge in [-0.15, -0.1) is 0 Å². The van der Waals surface area contributed by atoms with Crippen LogP contribution in [0, 0.1) is 14.1 Å². The van der Waals surface area contributed by atoms with Crippen molar-refractivity contribution in [2.45, 2.75) is 6.92 Å². The van der Waals surface area contributed by atoms with Crippen LogP contribution in [-0.4, -0.2) is 36.4 Å². The molecule has 2 N–H and O–H groups in total. The number of imide groups is 1. The number of methoxy groups -OCH3 is 1. The van der Waals surface area contributed by atoms with E-state index in [2.05, 4.69) is 55.8 Å². The minimum absolute atomic E-state index is 0.120. The molecule has 0 saturated carbocycles. The molecule has 1 saturated heterocycles. The van der Waals surface area contributed by atoms with E-state index in [1.54, 1.807) is 19.3 Å². The predicted molar refractivity (Wildman–Crippen MR) is 126 cm³/mol. The SMILES string of the molecule is COc1c(I)cc(/C=C2/NC(=O)N(CC(=O)Nc3cccc(C)c3)C2=O)cc1I. The minimum Gasteiger partial charge on any atom is -0.495 e. The number of aryl methyl sites for hydroxylation is 1. The summed E-state index contributed by atoms with van der Waals surface area (Å²) >= 11 is 4.29. The Bertz CT molecular complexity index is 1010. The third-order valence-electron chi connectivity index (χ3n) is 4.10. The van der Waals surface area contributed by atoms with E-state index in [9.17, 15) is 14.4 Å². The van der Waals surface area contributed by atoms with Gasteiger partial charge in [0.1, 0.15) is 18.0 Å². The van der Waals surface area contributed by atoms with Crippen molar-refractivity contribution in [1.29, 1.82) is 0 Å². The molecular formula is C20H17I2N3O4. The molecule has 3 rings (SSSR count). The number of amides is 4. The number of anilines is 1. The first-order valence-corrected chi connectivity index (χ1v) is 10.7. The minimum atomic E-state index is -0.626. The van der Waals surface area contributed by atoms with Crippen LogP contribution in [0.5, 0.6) is 5.75 Å². The van der Waals surface area contributed by atoms with Crippen LogP contribution in [-0.2, 0) is 9.59 Å². The van der Waals surface area contributed by atoms with Crippen LogP contribution in [0.1, 0.15) is 11.1 Å². The first kappa shape index (κ1) is 21.6. The summed E-state index contributed by atoms with van der Waals surface area (Å²) in [4.78, 5) is 38.0. The van der Waals surface area contributed by atoms with Crippen LogP contribution in [0.3, 0.4) is 0 Å². The highest BCUT2D eigenvalue weighted by atomic mass is 127. The Balaban J connectivity index is 1.74. The summed E-state index contributed by atoms with van der Waals surface area (Å²) in [5.41, 5.74) is 2.47. The number of carbonyl (C=O) groups is 3. The van der Waals surface area contributed by atoms with Crippen molar-refractivity contribution >= 4 is 74.8 Å². The third-order valence-corrected chi connectivity index (χ3v) is 5.70. The summed E-state index contributed by atoms with van der Waals surface area (Å²) in [7, 11) is 1.60. The van der Waals surface area contributed by atoms with E-state index < -0.39 is 17.8 Å². The molecule has 2 aromatic carbocycles. The van der Waals surface area contributed by atoms with Gasteiger partial charge in [0.2, 0.25) is 5.91 Å². The zero-order valence-electron chi connectivity index (χ0n) is 15.6. The van der Waals surface area contributed by atoms with Gasteiger partial charge in [0.05, 0.1) is 14.3 Å². The van der Waals surface area contributed by atoms with Gasteiger partial charge in [-0.3, -0.25) is 9.59 Å². The van der Waals surface area contributed by atoms with Crippen LogP contribution < -0.4 is 15.4 Å². The van der Waals surface area contributed by atoms with Crippen molar-refractivity contribution in [3.8, 4) is 5.75 Å². The maximum Gasteiger partial charge on any atom is 0.329 e. The number of carbonyl (C=O) groups excluding carboxylic acids is 3. The van der Waals surface area contributed by atoms with Crippen LogP contribution >= 0.6 is 45.2 Å². The second kappa shape index (κ2) is 9.11. The second-order valence-corrected chi connectivity index (χ2v) is 8.64. The van der Waals surface area contributed by atoms with Gasteiger partial charge in [0.25, 0.3) is 5.91 Å². The van der Waals surface area contributed by atoms with E-state index in [4.69, 9.17) is 4.74 Å². The lowest BCUT2D eigenvalue weighted by molar-refractivity contribution is -0.127. The Labute approximate surface area is 195 Å². The van der Waals surface area contributed by atoms with Gasteiger partial charge in [0, 0.05) is 5.69 Å². The number of ether oxygens (including phenoxy) is 1. The molecule has 0 unspecified atom stereocenters. The molecule has 1 aliphatic heterocycles. The first-order valence-electron chi connectivity index (χ1n) is 8.52.